The van der Waals surface area contributed by atoms with E-state index in [2.05, 4.69) is 27.7 Å². The van der Waals surface area contributed by atoms with E-state index in [1.54, 1.807) is 0 Å². The van der Waals surface area contributed by atoms with E-state index in [0.717, 1.165) is 25.7 Å². The summed E-state index contributed by atoms with van der Waals surface area (Å²) in [5, 5.41) is 0. The number of carbonyl (C=O) groups is 2. The predicted molar refractivity (Wildman–Crippen MR) is 159 cm³/mol. The molecule has 0 aromatic heterocycles. The standard InChI is InChI=1S/2C8H17.2C6H12O2S.Sn/c2*1-3-5-7-8-6-4-2;2*1-2-3-4-8-6(7)5-9;/h2*1,3-8H2,2H3;2*9H,2-5H2,1H3;/q;;;;+2/p-2. The van der Waals surface area contributed by atoms with E-state index >= 15 is 0 Å². The molecule has 0 fully saturated rings. The topological polar surface area (TPSA) is 52.6 Å². The Bertz CT molecular complexity index is 461. The minimum atomic E-state index is -2.84. The summed E-state index contributed by atoms with van der Waals surface area (Å²) in [5.74, 6) is 0.787. The Hall–Kier alpha value is 0.439. The number of carbonyl (C=O) groups excluding carboxylic acids is 2. The van der Waals surface area contributed by atoms with Gasteiger partial charge in [-0.05, 0) is 0 Å². The molecule has 0 aromatic carbocycles. The fourth-order valence-corrected chi connectivity index (χ4v) is 30.8. The molecule has 0 saturated carbocycles. The van der Waals surface area contributed by atoms with Gasteiger partial charge in [0.15, 0.2) is 0 Å². The summed E-state index contributed by atoms with van der Waals surface area (Å²) in [4.78, 5) is 24.9. The van der Waals surface area contributed by atoms with Crippen LogP contribution in [0.5, 0.6) is 0 Å². The van der Waals surface area contributed by atoms with Gasteiger partial charge in [-0.15, -0.1) is 0 Å². The van der Waals surface area contributed by atoms with Gasteiger partial charge in [-0.3, -0.25) is 0 Å². The van der Waals surface area contributed by atoms with Crippen molar-refractivity contribution in [1.82, 2.24) is 0 Å². The van der Waals surface area contributed by atoms with Crippen molar-refractivity contribution in [2.75, 3.05) is 24.7 Å². The number of esters is 2. The van der Waals surface area contributed by atoms with Gasteiger partial charge >= 0.3 is 229 Å². The molecule has 0 aliphatic rings. The van der Waals surface area contributed by atoms with E-state index in [1.165, 1.54) is 85.9 Å². The Morgan fingerprint density at radius 1 is 0.514 bits per heavy atom. The number of unbranched alkanes of at least 4 members (excludes halogenated alkanes) is 12. The molecule has 0 aliphatic carbocycles. The molecule has 7 heteroatoms. The first-order valence-corrected chi connectivity index (χ1v) is 27.6. The second kappa shape index (κ2) is 26.1. The molecule has 0 unspecified atom stereocenters. The van der Waals surface area contributed by atoms with Gasteiger partial charge in [-0.2, -0.15) is 0 Å². The molecule has 0 amide bonds. The van der Waals surface area contributed by atoms with Crippen molar-refractivity contribution < 1.29 is 19.1 Å². The van der Waals surface area contributed by atoms with Gasteiger partial charge in [0.25, 0.3) is 0 Å². The molecule has 0 bridgehead atoms. The zero-order valence-corrected chi connectivity index (χ0v) is 28.0. The molecule has 208 valence electrons. The molecular formula is C28H56O4S2Sn. The summed E-state index contributed by atoms with van der Waals surface area (Å²) in [5.41, 5.74) is 0. The molecule has 4 nitrogen and oxygen atoms in total. The van der Waals surface area contributed by atoms with Crippen molar-refractivity contribution in [2.45, 2.75) is 139 Å². The Morgan fingerprint density at radius 2 is 0.857 bits per heavy atom. The average Bonchev–Trinajstić information content (AvgIpc) is 2.85. The van der Waals surface area contributed by atoms with Gasteiger partial charge in [0, 0.05) is 0 Å². The Balaban J connectivity index is 5.10. The van der Waals surface area contributed by atoms with Gasteiger partial charge in [-0.1, -0.05) is 0 Å². The predicted octanol–water partition coefficient (Wildman–Crippen LogP) is 9.30. The van der Waals surface area contributed by atoms with Crippen LogP contribution in [0.4, 0.5) is 0 Å². The Kier molecular flexibility index (Phi) is 26.4. The summed E-state index contributed by atoms with van der Waals surface area (Å²) >= 11 is -2.84. The molecule has 0 N–H and O–H groups in total. The second-order valence-electron chi connectivity index (χ2n) is 9.67. The second-order valence-corrected chi connectivity index (χ2v) is 36.0. The van der Waals surface area contributed by atoms with Crippen molar-refractivity contribution in [3.8, 4) is 0 Å². The summed E-state index contributed by atoms with van der Waals surface area (Å²) in [6.07, 6.45) is 19.4. The molecule has 0 aliphatic heterocycles. The molecule has 0 aromatic rings. The number of hydrogen-bond acceptors (Lipinski definition) is 6. The van der Waals surface area contributed by atoms with Crippen LogP contribution in [0.25, 0.3) is 0 Å². The Labute approximate surface area is 227 Å². The summed E-state index contributed by atoms with van der Waals surface area (Å²) in [6, 6.07) is 0. The fraction of sp³-hybridized carbons (Fsp3) is 0.929. The van der Waals surface area contributed by atoms with Gasteiger partial charge in [-0.25, -0.2) is 0 Å². The average molecular weight is 640 g/mol. The summed E-state index contributed by atoms with van der Waals surface area (Å²) in [6.45, 7) is 9.81. The van der Waals surface area contributed by atoms with Crippen LogP contribution in [0.2, 0.25) is 8.87 Å². The van der Waals surface area contributed by atoms with Crippen LogP contribution >= 0.6 is 17.9 Å². The van der Waals surface area contributed by atoms with E-state index < -0.39 is 15.6 Å². The Morgan fingerprint density at radius 3 is 1.23 bits per heavy atom. The van der Waals surface area contributed by atoms with Crippen LogP contribution in [0.1, 0.15) is 130 Å². The first-order valence-electron chi connectivity index (χ1n) is 14.6. The van der Waals surface area contributed by atoms with Crippen LogP contribution in [-0.2, 0) is 19.1 Å². The van der Waals surface area contributed by atoms with Crippen LogP contribution in [-0.4, -0.2) is 52.3 Å². The molecule has 0 rings (SSSR count). The third-order valence-corrected chi connectivity index (χ3v) is 36.1. The molecule has 0 heterocycles. The molecule has 0 saturated heterocycles. The van der Waals surface area contributed by atoms with Crippen molar-refractivity contribution in [3.05, 3.63) is 0 Å². The van der Waals surface area contributed by atoms with Crippen molar-refractivity contribution >= 4 is 45.4 Å². The maximum absolute atomic E-state index is 12.5. The van der Waals surface area contributed by atoms with Crippen molar-refractivity contribution in [2.24, 2.45) is 0 Å². The third-order valence-electron chi connectivity index (χ3n) is 6.25. The first-order chi connectivity index (χ1) is 17.0. The van der Waals surface area contributed by atoms with E-state index in [-0.39, 0.29) is 11.9 Å². The van der Waals surface area contributed by atoms with E-state index in [0.29, 0.717) is 24.7 Å². The zero-order valence-electron chi connectivity index (χ0n) is 23.5. The van der Waals surface area contributed by atoms with Gasteiger partial charge in [0.05, 0.1) is 0 Å². The van der Waals surface area contributed by atoms with Gasteiger partial charge < -0.3 is 0 Å². The summed E-state index contributed by atoms with van der Waals surface area (Å²) < 4.78 is 13.5. The molecule has 0 atom stereocenters. The zero-order chi connectivity index (χ0) is 26.0. The quantitative estimate of drug-likeness (QED) is 0.0534. The van der Waals surface area contributed by atoms with Crippen LogP contribution in [0, 0.1) is 0 Å². The molecule has 0 spiro atoms. The number of rotatable bonds is 26. The monoisotopic (exact) mass is 640 g/mol. The third kappa shape index (κ3) is 22.2. The minimum absolute atomic E-state index is 0.0680. The van der Waals surface area contributed by atoms with E-state index in [9.17, 15) is 9.59 Å². The molecule has 35 heavy (non-hydrogen) atoms. The number of hydrogen-bond donors (Lipinski definition) is 0. The van der Waals surface area contributed by atoms with E-state index in [1.807, 2.05) is 17.9 Å². The van der Waals surface area contributed by atoms with Crippen molar-refractivity contribution in [1.29, 1.82) is 0 Å². The maximum atomic E-state index is 12.5. The van der Waals surface area contributed by atoms with Crippen LogP contribution in [0.3, 0.4) is 0 Å². The van der Waals surface area contributed by atoms with Crippen LogP contribution < -0.4 is 0 Å². The van der Waals surface area contributed by atoms with Crippen molar-refractivity contribution in [3.63, 3.8) is 0 Å². The first kappa shape index (κ1) is 35.4. The SMILES string of the molecule is CCCCCCC[CH2][Sn]([CH2]CCCCCCC)([S]CC(=O)OCCCC)[S]CC(=O)OCCCC. The van der Waals surface area contributed by atoms with Crippen LogP contribution in [0.15, 0.2) is 0 Å². The number of ether oxygens (including phenoxy) is 2. The van der Waals surface area contributed by atoms with Gasteiger partial charge in [0.2, 0.25) is 0 Å². The molecular weight excluding hydrogens is 583 g/mol. The normalized spacial score (nSPS) is 11.5. The molecule has 0 radical (unpaired) electrons. The fourth-order valence-electron chi connectivity index (χ4n) is 3.93. The van der Waals surface area contributed by atoms with Gasteiger partial charge in [0.1, 0.15) is 0 Å². The summed E-state index contributed by atoms with van der Waals surface area (Å²) in [7, 11) is 3.87. The van der Waals surface area contributed by atoms with E-state index in [4.69, 9.17) is 9.47 Å².